The Morgan fingerprint density at radius 2 is 1.94 bits per heavy atom. The fraction of sp³-hybridized carbons (Fsp3) is 0.929. The van der Waals surface area contributed by atoms with Crippen LogP contribution in [0.5, 0.6) is 0 Å². The highest BCUT2D eigenvalue weighted by Gasteiger charge is 2.34. The van der Waals surface area contributed by atoms with E-state index in [4.69, 9.17) is 0 Å². The minimum absolute atomic E-state index is 0.700. The molecular formula is C14H27NO2. The van der Waals surface area contributed by atoms with Crippen molar-refractivity contribution in [1.29, 1.82) is 0 Å². The van der Waals surface area contributed by atoms with E-state index in [0.717, 1.165) is 31.7 Å². The van der Waals surface area contributed by atoms with Gasteiger partial charge in [-0.2, -0.15) is 0 Å². The van der Waals surface area contributed by atoms with Gasteiger partial charge in [-0.3, -0.25) is 4.79 Å². The molecule has 100 valence electrons. The Hall–Kier alpha value is -0.570. The van der Waals surface area contributed by atoms with Gasteiger partial charge in [0.1, 0.15) is 5.54 Å². The van der Waals surface area contributed by atoms with Crippen LogP contribution in [0.15, 0.2) is 0 Å². The van der Waals surface area contributed by atoms with Gasteiger partial charge in [-0.15, -0.1) is 0 Å². The van der Waals surface area contributed by atoms with Crippen LogP contribution in [0.3, 0.4) is 0 Å². The van der Waals surface area contributed by atoms with Gasteiger partial charge in [0.05, 0.1) is 0 Å². The van der Waals surface area contributed by atoms with Crippen molar-refractivity contribution in [2.75, 3.05) is 6.54 Å². The molecule has 0 bridgehead atoms. The lowest BCUT2D eigenvalue weighted by Gasteiger charge is -2.26. The van der Waals surface area contributed by atoms with Crippen molar-refractivity contribution in [3.63, 3.8) is 0 Å². The maximum Gasteiger partial charge on any atom is 0.323 e. The van der Waals surface area contributed by atoms with Gasteiger partial charge in [-0.25, -0.2) is 0 Å². The van der Waals surface area contributed by atoms with Crippen molar-refractivity contribution in [1.82, 2.24) is 5.32 Å². The molecule has 0 heterocycles. The number of unbranched alkanes of at least 4 members (excludes halogenated alkanes) is 4. The van der Waals surface area contributed by atoms with Crippen LogP contribution in [0.1, 0.15) is 65.2 Å². The summed E-state index contributed by atoms with van der Waals surface area (Å²) in [6.45, 7) is 4.90. The molecule has 3 nitrogen and oxygen atoms in total. The van der Waals surface area contributed by atoms with E-state index in [2.05, 4.69) is 12.2 Å². The molecule has 0 radical (unpaired) electrons. The number of rotatable bonds is 10. The Morgan fingerprint density at radius 1 is 1.29 bits per heavy atom. The topological polar surface area (TPSA) is 49.3 Å². The molecule has 1 aliphatic carbocycles. The van der Waals surface area contributed by atoms with Crippen LogP contribution >= 0.6 is 0 Å². The van der Waals surface area contributed by atoms with E-state index in [1.54, 1.807) is 0 Å². The van der Waals surface area contributed by atoms with E-state index in [-0.39, 0.29) is 0 Å². The van der Waals surface area contributed by atoms with Gasteiger partial charge in [0.2, 0.25) is 0 Å². The molecule has 0 spiro atoms. The lowest BCUT2D eigenvalue weighted by Crippen LogP contribution is -2.50. The monoisotopic (exact) mass is 241 g/mol. The Labute approximate surface area is 105 Å². The number of carbonyl (C=O) groups is 1. The molecule has 1 saturated carbocycles. The van der Waals surface area contributed by atoms with E-state index >= 15 is 0 Å². The van der Waals surface area contributed by atoms with Crippen molar-refractivity contribution in [2.45, 2.75) is 70.8 Å². The van der Waals surface area contributed by atoms with Crippen LogP contribution in [-0.4, -0.2) is 23.2 Å². The van der Waals surface area contributed by atoms with Crippen molar-refractivity contribution < 1.29 is 9.90 Å². The first-order valence-electron chi connectivity index (χ1n) is 7.07. The number of carboxylic acids is 1. The van der Waals surface area contributed by atoms with Crippen molar-refractivity contribution in [3.8, 4) is 0 Å². The van der Waals surface area contributed by atoms with E-state index in [9.17, 15) is 9.90 Å². The van der Waals surface area contributed by atoms with Gasteiger partial charge in [0.15, 0.2) is 0 Å². The molecule has 0 aliphatic heterocycles. The van der Waals surface area contributed by atoms with Crippen LogP contribution < -0.4 is 5.32 Å². The highest BCUT2D eigenvalue weighted by molar-refractivity contribution is 5.78. The second-order valence-electron chi connectivity index (χ2n) is 5.63. The highest BCUT2D eigenvalue weighted by atomic mass is 16.4. The molecule has 1 atom stereocenters. The molecule has 1 unspecified atom stereocenters. The maximum atomic E-state index is 11.3. The summed E-state index contributed by atoms with van der Waals surface area (Å²) >= 11 is 0. The molecular weight excluding hydrogens is 214 g/mol. The zero-order chi connectivity index (χ0) is 12.7. The summed E-state index contributed by atoms with van der Waals surface area (Å²) in [5.41, 5.74) is -0.713. The lowest BCUT2D eigenvalue weighted by molar-refractivity contribution is -0.144. The average molecular weight is 241 g/mol. The average Bonchev–Trinajstić information content (AvgIpc) is 3.10. The minimum atomic E-state index is -0.713. The third-order valence-corrected chi connectivity index (χ3v) is 3.73. The Morgan fingerprint density at radius 3 is 2.47 bits per heavy atom. The summed E-state index contributed by atoms with van der Waals surface area (Å²) in [6, 6.07) is 0. The van der Waals surface area contributed by atoms with E-state index in [1.165, 1.54) is 32.1 Å². The van der Waals surface area contributed by atoms with Gasteiger partial charge in [-0.1, -0.05) is 39.0 Å². The van der Waals surface area contributed by atoms with Crippen molar-refractivity contribution >= 4 is 5.97 Å². The fourth-order valence-electron chi connectivity index (χ4n) is 2.04. The predicted octanol–water partition coefficient (Wildman–Crippen LogP) is 3.19. The fourth-order valence-corrected chi connectivity index (χ4v) is 2.04. The van der Waals surface area contributed by atoms with Gasteiger partial charge in [0.25, 0.3) is 0 Å². The molecule has 17 heavy (non-hydrogen) atoms. The first-order chi connectivity index (χ1) is 8.08. The smallest absolute Gasteiger partial charge is 0.323 e. The highest BCUT2D eigenvalue weighted by Crippen LogP contribution is 2.29. The van der Waals surface area contributed by atoms with Gasteiger partial charge >= 0.3 is 5.97 Å². The molecule has 0 amide bonds. The molecule has 1 fully saturated rings. The number of hydrogen-bond donors (Lipinski definition) is 2. The van der Waals surface area contributed by atoms with Crippen LogP contribution in [0, 0.1) is 5.92 Å². The Kier molecular flexibility index (Phi) is 5.96. The Balaban J connectivity index is 2.22. The van der Waals surface area contributed by atoms with Gasteiger partial charge in [-0.05, 0) is 38.6 Å². The first-order valence-corrected chi connectivity index (χ1v) is 7.07. The molecule has 3 heteroatoms. The number of nitrogens with one attached hydrogen (secondary N) is 1. The van der Waals surface area contributed by atoms with Crippen LogP contribution in [0.25, 0.3) is 0 Å². The molecule has 2 N–H and O–H groups in total. The van der Waals surface area contributed by atoms with E-state index in [1.807, 2.05) is 6.92 Å². The molecule has 0 aromatic carbocycles. The van der Waals surface area contributed by atoms with E-state index in [0.29, 0.717) is 0 Å². The SMILES string of the molecule is CCCCCCCC(C)(NCC1CC1)C(=O)O. The zero-order valence-corrected chi connectivity index (χ0v) is 11.3. The standard InChI is InChI=1S/C14H27NO2/c1-3-4-5-6-7-10-14(2,13(16)17)15-11-12-8-9-12/h12,15H,3-11H2,1-2H3,(H,16,17). The predicted molar refractivity (Wildman–Crippen MR) is 70.1 cm³/mol. The van der Waals surface area contributed by atoms with Crippen molar-refractivity contribution in [3.05, 3.63) is 0 Å². The lowest BCUT2D eigenvalue weighted by atomic mass is 9.93. The summed E-state index contributed by atoms with van der Waals surface area (Å²) in [7, 11) is 0. The molecule has 0 aromatic heterocycles. The second kappa shape index (κ2) is 7.00. The summed E-state index contributed by atoms with van der Waals surface area (Å²) in [5, 5.41) is 12.6. The van der Waals surface area contributed by atoms with Crippen molar-refractivity contribution in [2.24, 2.45) is 5.92 Å². The summed E-state index contributed by atoms with van der Waals surface area (Å²) in [6.07, 6.45) is 9.17. The summed E-state index contributed by atoms with van der Waals surface area (Å²) in [5.74, 6) is 0.0300. The minimum Gasteiger partial charge on any atom is -0.480 e. The number of aliphatic carboxylic acids is 1. The number of carboxylic acid groups (broad SMARTS) is 1. The molecule has 0 aromatic rings. The summed E-state index contributed by atoms with van der Waals surface area (Å²) < 4.78 is 0. The summed E-state index contributed by atoms with van der Waals surface area (Å²) in [4.78, 5) is 11.3. The quantitative estimate of drug-likeness (QED) is 0.577. The third kappa shape index (κ3) is 5.53. The van der Waals surface area contributed by atoms with Crippen LogP contribution in [0.4, 0.5) is 0 Å². The zero-order valence-electron chi connectivity index (χ0n) is 11.3. The van der Waals surface area contributed by atoms with E-state index < -0.39 is 11.5 Å². The first kappa shape index (κ1) is 14.5. The van der Waals surface area contributed by atoms with Crippen LogP contribution in [0.2, 0.25) is 0 Å². The largest absolute Gasteiger partial charge is 0.480 e. The number of hydrogen-bond acceptors (Lipinski definition) is 2. The Bertz CT molecular complexity index is 238. The van der Waals surface area contributed by atoms with Gasteiger partial charge < -0.3 is 10.4 Å². The molecule has 1 aliphatic rings. The maximum absolute atomic E-state index is 11.3. The van der Waals surface area contributed by atoms with Gasteiger partial charge in [0, 0.05) is 0 Å². The second-order valence-corrected chi connectivity index (χ2v) is 5.63. The molecule has 1 rings (SSSR count). The van der Waals surface area contributed by atoms with Crippen LogP contribution in [-0.2, 0) is 4.79 Å². The molecule has 0 saturated heterocycles. The third-order valence-electron chi connectivity index (χ3n) is 3.73. The normalized spacial score (nSPS) is 18.9.